The first-order valence-electron chi connectivity index (χ1n) is 10.4. The Morgan fingerprint density at radius 3 is 2.65 bits per heavy atom. The fourth-order valence-corrected chi connectivity index (χ4v) is 4.88. The summed E-state index contributed by atoms with van der Waals surface area (Å²) in [5.74, 6) is -0.405. The molecule has 1 aromatic rings. The van der Waals surface area contributed by atoms with Crippen molar-refractivity contribution in [2.24, 2.45) is 11.3 Å². The Balaban J connectivity index is 1.64. The minimum absolute atomic E-state index is 0.0754. The van der Waals surface area contributed by atoms with Crippen LogP contribution in [0.2, 0.25) is 0 Å². The summed E-state index contributed by atoms with van der Waals surface area (Å²) in [7, 11) is 1.51. The van der Waals surface area contributed by atoms with E-state index in [2.05, 4.69) is 36.7 Å². The van der Waals surface area contributed by atoms with E-state index >= 15 is 0 Å². The predicted molar refractivity (Wildman–Crippen MR) is 114 cm³/mol. The number of urea groups is 1. The number of rotatable bonds is 6. The molecule has 9 nitrogen and oxygen atoms in total. The van der Waals surface area contributed by atoms with E-state index in [0.29, 0.717) is 30.2 Å². The van der Waals surface area contributed by atoms with Crippen molar-refractivity contribution in [3.8, 4) is 5.75 Å². The fourth-order valence-electron chi connectivity index (χ4n) is 4.88. The van der Waals surface area contributed by atoms with Gasteiger partial charge in [0, 0.05) is 18.8 Å². The van der Waals surface area contributed by atoms with Gasteiger partial charge in [0.2, 0.25) is 5.91 Å². The van der Waals surface area contributed by atoms with Crippen LogP contribution < -0.4 is 20.7 Å². The molecule has 1 saturated heterocycles. The molecule has 0 bridgehead atoms. The fraction of sp³-hybridized carbons (Fsp3) is 0.545. The standard InChI is InChI=1S/C22H30N4O5/c1-14-9-21(2,3)13-22(10-14)19(29)26(20(30)25-22)11-17(27)24-15-6-5-7-16(8-15)31-12-18(28)23-4/h5-8,14H,9-13H2,1-4H3,(H,23,28)(H,24,27)(H,25,30). The summed E-state index contributed by atoms with van der Waals surface area (Å²) in [5.41, 5.74) is -0.575. The molecule has 5 amide bonds. The van der Waals surface area contributed by atoms with Crippen LogP contribution in [-0.4, -0.2) is 54.4 Å². The topological polar surface area (TPSA) is 117 Å². The van der Waals surface area contributed by atoms with E-state index in [4.69, 9.17) is 4.74 Å². The van der Waals surface area contributed by atoms with Gasteiger partial charge in [-0.3, -0.25) is 19.3 Å². The first-order chi connectivity index (χ1) is 14.5. The second kappa shape index (κ2) is 8.56. The lowest BCUT2D eigenvalue weighted by Crippen LogP contribution is -2.54. The number of hydrogen-bond donors (Lipinski definition) is 3. The number of likely N-dealkylation sites (N-methyl/N-ethyl adjacent to an activating group) is 1. The van der Waals surface area contributed by atoms with E-state index in [-0.39, 0.29) is 30.4 Å². The molecule has 0 radical (unpaired) electrons. The largest absolute Gasteiger partial charge is 0.484 e. The number of hydrogen-bond acceptors (Lipinski definition) is 5. The summed E-state index contributed by atoms with van der Waals surface area (Å²) >= 11 is 0. The Labute approximate surface area is 181 Å². The quantitative estimate of drug-likeness (QED) is 0.596. The summed E-state index contributed by atoms with van der Waals surface area (Å²) in [6.45, 7) is 5.76. The van der Waals surface area contributed by atoms with Crippen LogP contribution in [0.25, 0.3) is 0 Å². The third-order valence-corrected chi connectivity index (χ3v) is 5.69. The van der Waals surface area contributed by atoms with Gasteiger partial charge in [0.1, 0.15) is 17.8 Å². The zero-order chi connectivity index (χ0) is 22.8. The van der Waals surface area contributed by atoms with Crippen molar-refractivity contribution in [3.63, 3.8) is 0 Å². The van der Waals surface area contributed by atoms with Crippen molar-refractivity contribution in [1.82, 2.24) is 15.5 Å². The van der Waals surface area contributed by atoms with Crippen LogP contribution in [-0.2, 0) is 14.4 Å². The number of benzene rings is 1. The van der Waals surface area contributed by atoms with Crippen molar-refractivity contribution in [1.29, 1.82) is 0 Å². The number of nitrogens with one attached hydrogen (secondary N) is 3. The van der Waals surface area contributed by atoms with Gasteiger partial charge in [0.15, 0.2) is 6.61 Å². The number of ether oxygens (including phenoxy) is 1. The summed E-state index contributed by atoms with van der Waals surface area (Å²) in [6.07, 6.45) is 2.11. The van der Waals surface area contributed by atoms with Gasteiger partial charge in [-0.25, -0.2) is 4.79 Å². The SMILES string of the molecule is CNC(=O)COc1cccc(NC(=O)CN2C(=O)NC3(CC(C)CC(C)(C)C3)C2=O)c1. The van der Waals surface area contributed by atoms with E-state index in [1.807, 2.05) is 0 Å². The van der Waals surface area contributed by atoms with Crippen molar-refractivity contribution in [2.45, 2.75) is 45.6 Å². The monoisotopic (exact) mass is 430 g/mol. The average Bonchev–Trinajstić information content (AvgIpc) is 2.88. The molecule has 168 valence electrons. The first-order valence-corrected chi connectivity index (χ1v) is 10.4. The van der Waals surface area contributed by atoms with Crippen LogP contribution in [0, 0.1) is 11.3 Å². The third-order valence-electron chi connectivity index (χ3n) is 5.69. The lowest BCUT2D eigenvalue weighted by Gasteiger charge is -2.43. The maximum absolute atomic E-state index is 13.2. The number of amides is 5. The lowest BCUT2D eigenvalue weighted by molar-refractivity contribution is -0.136. The van der Waals surface area contributed by atoms with Crippen molar-refractivity contribution < 1.29 is 23.9 Å². The molecule has 1 aliphatic carbocycles. The molecule has 2 unspecified atom stereocenters. The second-order valence-electron chi connectivity index (χ2n) is 9.30. The molecule has 3 N–H and O–H groups in total. The lowest BCUT2D eigenvalue weighted by atomic mass is 9.64. The molecule has 1 aromatic carbocycles. The van der Waals surface area contributed by atoms with Gasteiger partial charge < -0.3 is 20.7 Å². The van der Waals surface area contributed by atoms with E-state index in [0.717, 1.165) is 11.3 Å². The molecule has 3 rings (SSSR count). The summed E-state index contributed by atoms with van der Waals surface area (Å²) in [6, 6.07) is 6.02. The van der Waals surface area contributed by atoms with Crippen LogP contribution in [0.5, 0.6) is 5.75 Å². The Hall–Kier alpha value is -3.10. The summed E-state index contributed by atoms with van der Waals surface area (Å²) in [5, 5.41) is 7.99. The van der Waals surface area contributed by atoms with Crippen LogP contribution in [0.3, 0.4) is 0 Å². The number of carbonyl (C=O) groups is 4. The molecule has 1 saturated carbocycles. The number of anilines is 1. The van der Waals surface area contributed by atoms with E-state index in [1.54, 1.807) is 24.3 Å². The van der Waals surface area contributed by atoms with Gasteiger partial charge in [-0.15, -0.1) is 0 Å². The van der Waals surface area contributed by atoms with E-state index in [9.17, 15) is 19.2 Å². The average molecular weight is 431 g/mol. The van der Waals surface area contributed by atoms with Gasteiger partial charge in [0.05, 0.1) is 0 Å². The van der Waals surface area contributed by atoms with Crippen LogP contribution in [0.4, 0.5) is 10.5 Å². The van der Waals surface area contributed by atoms with Gasteiger partial charge in [0.25, 0.3) is 11.8 Å². The molecule has 9 heteroatoms. The number of carbonyl (C=O) groups excluding carboxylic acids is 4. The Morgan fingerprint density at radius 2 is 1.97 bits per heavy atom. The minimum Gasteiger partial charge on any atom is -0.484 e. The first kappa shape index (κ1) is 22.6. The number of imide groups is 1. The molecule has 2 fully saturated rings. The maximum atomic E-state index is 13.2. The van der Waals surface area contributed by atoms with Crippen molar-refractivity contribution >= 4 is 29.4 Å². The highest BCUT2D eigenvalue weighted by atomic mass is 16.5. The van der Waals surface area contributed by atoms with Gasteiger partial charge in [-0.05, 0) is 42.7 Å². The van der Waals surface area contributed by atoms with E-state index < -0.39 is 17.5 Å². The molecule has 31 heavy (non-hydrogen) atoms. The normalized spacial score (nSPS) is 24.6. The van der Waals surface area contributed by atoms with Crippen LogP contribution in [0.1, 0.15) is 40.0 Å². The Kier molecular flexibility index (Phi) is 6.24. The molecular weight excluding hydrogens is 400 g/mol. The molecule has 0 aromatic heterocycles. The molecular formula is C22H30N4O5. The van der Waals surface area contributed by atoms with Crippen molar-refractivity contribution in [2.75, 3.05) is 25.5 Å². The highest BCUT2D eigenvalue weighted by Crippen LogP contribution is 2.46. The van der Waals surface area contributed by atoms with Crippen LogP contribution in [0.15, 0.2) is 24.3 Å². The molecule has 1 spiro atoms. The Morgan fingerprint density at radius 1 is 1.23 bits per heavy atom. The van der Waals surface area contributed by atoms with Gasteiger partial charge in [-0.2, -0.15) is 0 Å². The van der Waals surface area contributed by atoms with Crippen molar-refractivity contribution in [3.05, 3.63) is 24.3 Å². The summed E-state index contributed by atoms with van der Waals surface area (Å²) in [4.78, 5) is 50.6. The second-order valence-corrected chi connectivity index (χ2v) is 9.30. The third kappa shape index (κ3) is 5.15. The highest BCUT2D eigenvalue weighted by molar-refractivity contribution is 6.10. The zero-order valence-electron chi connectivity index (χ0n) is 18.4. The minimum atomic E-state index is -0.938. The van der Waals surface area contributed by atoms with E-state index in [1.165, 1.54) is 7.05 Å². The van der Waals surface area contributed by atoms with Gasteiger partial charge in [-0.1, -0.05) is 26.8 Å². The maximum Gasteiger partial charge on any atom is 0.325 e. The molecule has 1 heterocycles. The Bertz CT molecular complexity index is 900. The predicted octanol–water partition coefficient (Wildman–Crippen LogP) is 1.89. The van der Waals surface area contributed by atoms with Gasteiger partial charge >= 0.3 is 6.03 Å². The molecule has 2 atom stereocenters. The smallest absolute Gasteiger partial charge is 0.325 e. The molecule has 2 aliphatic rings. The summed E-state index contributed by atoms with van der Waals surface area (Å²) < 4.78 is 5.36. The zero-order valence-corrected chi connectivity index (χ0v) is 18.4. The highest BCUT2D eigenvalue weighted by Gasteiger charge is 2.56. The molecule has 1 aliphatic heterocycles. The van der Waals surface area contributed by atoms with Crippen LogP contribution >= 0.6 is 0 Å². The number of nitrogens with zero attached hydrogens (tertiary/aromatic N) is 1.